The van der Waals surface area contributed by atoms with E-state index in [4.69, 9.17) is 0 Å². The third kappa shape index (κ3) is 2.46. The molecular weight excluding hydrogens is 158 g/mol. The molecular formula is C12H25N. The molecule has 1 aliphatic heterocycles. The molecule has 0 bridgehead atoms. The molecule has 1 nitrogen and oxygen atoms in total. The first-order valence-corrected chi connectivity index (χ1v) is 5.74. The zero-order valence-electron chi connectivity index (χ0n) is 9.93. The molecule has 1 rings (SSSR count). The highest BCUT2D eigenvalue weighted by Gasteiger charge is 2.33. The van der Waals surface area contributed by atoms with Crippen molar-refractivity contribution >= 4 is 0 Å². The minimum absolute atomic E-state index is 0.616. The van der Waals surface area contributed by atoms with Gasteiger partial charge in [-0.2, -0.15) is 0 Å². The van der Waals surface area contributed by atoms with Crippen LogP contribution in [0.15, 0.2) is 0 Å². The summed E-state index contributed by atoms with van der Waals surface area (Å²) in [6, 6.07) is 1.50. The van der Waals surface area contributed by atoms with Gasteiger partial charge >= 0.3 is 0 Å². The van der Waals surface area contributed by atoms with E-state index in [0.29, 0.717) is 5.41 Å². The van der Waals surface area contributed by atoms with Crippen molar-refractivity contribution in [3.05, 3.63) is 0 Å². The van der Waals surface area contributed by atoms with Gasteiger partial charge in [0.1, 0.15) is 0 Å². The first-order valence-electron chi connectivity index (χ1n) is 5.74. The molecule has 0 aliphatic carbocycles. The van der Waals surface area contributed by atoms with Crippen molar-refractivity contribution < 1.29 is 0 Å². The van der Waals surface area contributed by atoms with Gasteiger partial charge in [-0.1, -0.05) is 20.3 Å². The average Bonchev–Trinajstić information content (AvgIpc) is 2.03. The lowest BCUT2D eigenvalue weighted by atomic mass is 9.75. The fourth-order valence-corrected chi connectivity index (χ4v) is 2.64. The van der Waals surface area contributed by atoms with E-state index in [2.05, 4.69) is 39.5 Å². The number of nitrogens with zero attached hydrogens (tertiary/aromatic N) is 1. The number of hydrogen-bond donors (Lipinski definition) is 0. The van der Waals surface area contributed by atoms with E-state index < -0.39 is 0 Å². The standard InChI is InChI=1S/C12H25N/c1-6-12(5)7-8-13(10(2)3)11(4)9-12/h10-11H,6-9H2,1-5H3. The van der Waals surface area contributed by atoms with Crippen molar-refractivity contribution in [1.82, 2.24) is 4.90 Å². The van der Waals surface area contributed by atoms with Gasteiger partial charge in [0.15, 0.2) is 0 Å². The topological polar surface area (TPSA) is 3.24 Å². The van der Waals surface area contributed by atoms with Gasteiger partial charge < -0.3 is 0 Å². The molecule has 0 N–H and O–H groups in total. The van der Waals surface area contributed by atoms with Gasteiger partial charge in [-0.05, 0) is 45.6 Å². The number of likely N-dealkylation sites (tertiary alicyclic amines) is 1. The van der Waals surface area contributed by atoms with Crippen molar-refractivity contribution in [3.8, 4) is 0 Å². The number of piperidine rings is 1. The van der Waals surface area contributed by atoms with Crippen molar-refractivity contribution in [3.63, 3.8) is 0 Å². The largest absolute Gasteiger partial charge is 0.298 e. The van der Waals surface area contributed by atoms with Gasteiger partial charge in [-0.15, -0.1) is 0 Å². The number of hydrogen-bond acceptors (Lipinski definition) is 1. The van der Waals surface area contributed by atoms with Crippen molar-refractivity contribution in [2.75, 3.05) is 6.54 Å². The van der Waals surface area contributed by atoms with Crippen LogP contribution >= 0.6 is 0 Å². The molecule has 0 amide bonds. The van der Waals surface area contributed by atoms with E-state index >= 15 is 0 Å². The molecule has 13 heavy (non-hydrogen) atoms. The molecule has 0 aromatic heterocycles. The van der Waals surface area contributed by atoms with Gasteiger partial charge in [0.2, 0.25) is 0 Å². The molecule has 0 aromatic carbocycles. The Bertz CT molecular complexity index is 165. The van der Waals surface area contributed by atoms with E-state index in [9.17, 15) is 0 Å². The Balaban J connectivity index is 2.56. The Morgan fingerprint density at radius 1 is 1.46 bits per heavy atom. The third-order valence-electron chi connectivity index (χ3n) is 3.84. The lowest BCUT2D eigenvalue weighted by Crippen LogP contribution is -2.47. The second-order valence-electron chi connectivity index (χ2n) is 5.30. The monoisotopic (exact) mass is 183 g/mol. The normalized spacial score (nSPS) is 36.9. The van der Waals surface area contributed by atoms with Gasteiger partial charge in [0, 0.05) is 12.1 Å². The first-order chi connectivity index (χ1) is 5.98. The summed E-state index contributed by atoms with van der Waals surface area (Å²) in [4.78, 5) is 2.64. The van der Waals surface area contributed by atoms with E-state index in [1.54, 1.807) is 0 Å². The van der Waals surface area contributed by atoms with Crippen LogP contribution in [0.3, 0.4) is 0 Å². The van der Waals surface area contributed by atoms with E-state index in [0.717, 1.165) is 12.1 Å². The van der Waals surface area contributed by atoms with Crippen molar-refractivity contribution in [2.24, 2.45) is 5.41 Å². The van der Waals surface area contributed by atoms with Crippen LogP contribution in [0.4, 0.5) is 0 Å². The van der Waals surface area contributed by atoms with E-state index in [1.165, 1.54) is 25.8 Å². The Kier molecular flexibility index (Phi) is 3.39. The summed E-state index contributed by atoms with van der Waals surface area (Å²) >= 11 is 0. The summed E-state index contributed by atoms with van der Waals surface area (Å²) < 4.78 is 0. The van der Waals surface area contributed by atoms with Gasteiger partial charge in [0.25, 0.3) is 0 Å². The molecule has 0 radical (unpaired) electrons. The summed E-state index contributed by atoms with van der Waals surface area (Å²) in [5.41, 5.74) is 0.616. The molecule has 0 saturated carbocycles. The second kappa shape index (κ2) is 4.00. The highest BCUT2D eigenvalue weighted by molar-refractivity contribution is 4.87. The Hall–Kier alpha value is -0.0400. The molecule has 1 aliphatic rings. The van der Waals surface area contributed by atoms with Crippen LogP contribution in [0.2, 0.25) is 0 Å². The first kappa shape index (κ1) is 11.0. The van der Waals surface area contributed by atoms with Gasteiger partial charge in [-0.3, -0.25) is 4.90 Å². The smallest absolute Gasteiger partial charge is 0.00748 e. The molecule has 0 spiro atoms. The Labute approximate surface area is 83.5 Å². The van der Waals surface area contributed by atoms with E-state index in [-0.39, 0.29) is 0 Å². The Morgan fingerprint density at radius 2 is 2.08 bits per heavy atom. The molecule has 2 unspecified atom stereocenters. The third-order valence-corrected chi connectivity index (χ3v) is 3.84. The summed E-state index contributed by atoms with van der Waals surface area (Å²) in [5.74, 6) is 0. The Morgan fingerprint density at radius 3 is 2.46 bits per heavy atom. The fraction of sp³-hybridized carbons (Fsp3) is 1.00. The maximum absolute atomic E-state index is 2.64. The maximum atomic E-state index is 2.64. The fourth-order valence-electron chi connectivity index (χ4n) is 2.64. The lowest BCUT2D eigenvalue weighted by Gasteiger charge is -2.45. The average molecular weight is 183 g/mol. The summed E-state index contributed by atoms with van der Waals surface area (Å²) in [5, 5.41) is 0. The van der Waals surface area contributed by atoms with Crippen molar-refractivity contribution in [1.29, 1.82) is 0 Å². The van der Waals surface area contributed by atoms with Gasteiger partial charge in [0.05, 0.1) is 0 Å². The van der Waals surface area contributed by atoms with Crippen LogP contribution in [0.1, 0.15) is 53.9 Å². The molecule has 78 valence electrons. The highest BCUT2D eigenvalue weighted by atomic mass is 15.2. The van der Waals surface area contributed by atoms with Crippen LogP contribution in [0, 0.1) is 5.41 Å². The maximum Gasteiger partial charge on any atom is 0.00748 e. The minimum Gasteiger partial charge on any atom is -0.298 e. The van der Waals surface area contributed by atoms with Crippen LogP contribution in [-0.4, -0.2) is 23.5 Å². The van der Waals surface area contributed by atoms with Crippen LogP contribution < -0.4 is 0 Å². The van der Waals surface area contributed by atoms with Gasteiger partial charge in [-0.25, -0.2) is 0 Å². The summed E-state index contributed by atoms with van der Waals surface area (Å²) in [6.45, 7) is 13.1. The molecule has 1 fully saturated rings. The van der Waals surface area contributed by atoms with Crippen LogP contribution in [0.25, 0.3) is 0 Å². The zero-order chi connectivity index (χ0) is 10.1. The lowest BCUT2D eigenvalue weighted by molar-refractivity contribution is 0.0445. The predicted molar refractivity (Wildman–Crippen MR) is 58.9 cm³/mol. The summed E-state index contributed by atoms with van der Waals surface area (Å²) in [6.07, 6.45) is 4.09. The summed E-state index contributed by atoms with van der Waals surface area (Å²) in [7, 11) is 0. The van der Waals surface area contributed by atoms with Crippen molar-refractivity contribution in [2.45, 2.75) is 66.0 Å². The quantitative estimate of drug-likeness (QED) is 0.635. The zero-order valence-corrected chi connectivity index (χ0v) is 9.93. The molecule has 1 heterocycles. The number of rotatable bonds is 2. The second-order valence-corrected chi connectivity index (χ2v) is 5.30. The minimum atomic E-state index is 0.616. The highest BCUT2D eigenvalue weighted by Crippen LogP contribution is 2.37. The van der Waals surface area contributed by atoms with Crippen LogP contribution in [0.5, 0.6) is 0 Å². The van der Waals surface area contributed by atoms with Crippen LogP contribution in [-0.2, 0) is 0 Å². The molecule has 2 atom stereocenters. The van der Waals surface area contributed by atoms with E-state index in [1.807, 2.05) is 0 Å². The molecule has 0 aromatic rings. The molecule has 1 heteroatoms. The predicted octanol–water partition coefficient (Wildman–Crippen LogP) is 3.30. The SMILES string of the molecule is CCC1(C)CCN(C(C)C)C(C)C1. The molecule has 1 saturated heterocycles.